The first-order valence-corrected chi connectivity index (χ1v) is 6.66. The van der Waals surface area contributed by atoms with Crippen molar-refractivity contribution in [1.82, 2.24) is 10.2 Å². The van der Waals surface area contributed by atoms with Crippen molar-refractivity contribution in [2.45, 2.75) is 38.9 Å². The second-order valence-electron chi connectivity index (χ2n) is 4.81. The molecule has 1 unspecified atom stereocenters. The van der Waals surface area contributed by atoms with E-state index >= 15 is 0 Å². The van der Waals surface area contributed by atoms with Crippen LogP contribution in [-0.4, -0.2) is 22.9 Å². The quantitative estimate of drug-likeness (QED) is 0.802. The van der Waals surface area contributed by atoms with Crippen LogP contribution >= 0.6 is 0 Å². The Morgan fingerprint density at radius 3 is 2.70 bits per heavy atom. The van der Waals surface area contributed by atoms with Crippen molar-refractivity contribution < 1.29 is 14.0 Å². The molecule has 0 bridgehead atoms. The lowest BCUT2D eigenvalue weighted by molar-refractivity contribution is -0.128. The van der Waals surface area contributed by atoms with Gasteiger partial charge in [0.15, 0.2) is 0 Å². The third-order valence-electron chi connectivity index (χ3n) is 3.39. The van der Waals surface area contributed by atoms with Gasteiger partial charge in [-0.05, 0) is 6.42 Å². The molecule has 2 rings (SSSR count). The van der Waals surface area contributed by atoms with Crippen LogP contribution in [0.3, 0.4) is 0 Å². The third kappa shape index (κ3) is 2.65. The molecule has 0 aliphatic carbocycles. The number of urea groups is 1. The van der Waals surface area contributed by atoms with Gasteiger partial charge in [0.25, 0.3) is 5.91 Å². The molecule has 1 saturated heterocycles. The molecule has 0 saturated carbocycles. The van der Waals surface area contributed by atoms with E-state index in [4.69, 9.17) is 5.73 Å². The lowest BCUT2D eigenvalue weighted by Gasteiger charge is -2.14. The normalized spacial score (nSPS) is 18.6. The van der Waals surface area contributed by atoms with Crippen molar-refractivity contribution >= 4 is 11.9 Å². The van der Waals surface area contributed by atoms with Crippen LogP contribution in [0.25, 0.3) is 0 Å². The molecule has 1 fully saturated rings. The van der Waals surface area contributed by atoms with E-state index in [0.717, 1.165) is 11.3 Å². The molecule has 1 aromatic carbocycles. The van der Waals surface area contributed by atoms with Gasteiger partial charge in [0.05, 0.1) is 6.54 Å². The second kappa shape index (κ2) is 6.00. The zero-order chi connectivity index (χ0) is 14.7. The molecule has 0 radical (unpaired) electrons. The first kappa shape index (κ1) is 14.5. The van der Waals surface area contributed by atoms with Crippen LogP contribution in [0.4, 0.5) is 9.18 Å². The van der Waals surface area contributed by atoms with Gasteiger partial charge in [-0.1, -0.05) is 31.5 Å². The average molecular weight is 279 g/mol. The second-order valence-corrected chi connectivity index (χ2v) is 4.81. The van der Waals surface area contributed by atoms with Gasteiger partial charge in [0, 0.05) is 17.7 Å². The summed E-state index contributed by atoms with van der Waals surface area (Å²) in [6.07, 6.45) is 1.38. The fourth-order valence-corrected chi connectivity index (χ4v) is 2.29. The van der Waals surface area contributed by atoms with Crippen molar-refractivity contribution in [3.8, 4) is 0 Å². The molecular formula is C14H18FN3O2. The van der Waals surface area contributed by atoms with E-state index in [2.05, 4.69) is 5.32 Å². The molecule has 0 aromatic heterocycles. The number of hydrogen-bond acceptors (Lipinski definition) is 3. The standard InChI is InChI=1S/C14H18FN3O2/c1-2-4-11-13(19)18(14(20)17-11)8-10-6-3-5-9(7-16)12(10)15/h3,5-6,11H,2,4,7-8,16H2,1H3,(H,17,20). The summed E-state index contributed by atoms with van der Waals surface area (Å²) in [7, 11) is 0. The van der Waals surface area contributed by atoms with Crippen LogP contribution in [0, 0.1) is 5.82 Å². The number of hydrogen-bond donors (Lipinski definition) is 2. The number of nitrogens with zero attached hydrogens (tertiary/aromatic N) is 1. The fraction of sp³-hybridized carbons (Fsp3) is 0.429. The molecule has 5 nitrogen and oxygen atoms in total. The maximum atomic E-state index is 14.1. The number of carbonyl (C=O) groups is 2. The van der Waals surface area contributed by atoms with Crippen LogP contribution in [0.2, 0.25) is 0 Å². The van der Waals surface area contributed by atoms with Crippen LogP contribution in [0.5, 0.6) is 0 Å². The molecule has 1 aliphatic rings. The minimum absolute atomic E-state index is 0.0649. The Hall–Kier alpha value is -1.95. The number of nitrogens with two attached hydrogens (primary N) is 1. The Balaban J connectivity index is 2.18. The molecule has 1 atom stereocenters. The predicted molar refractivity (Wildman–Crippen MR) is 72.1 cm³/mol. The zero-order valence-corrected chi connectivity index (χ0v) is 11.4. The predicted octanol–water partition coefficient (Wildman–Crippen LogP) is 1.50. The van der Waals surface area contributed by atoms with E-state index < -0.39 is 17.9 Å². The van der Waals surface area contributed by atoms with Crippen molar-refractivity contribution in [2.24, 2.45) is 5.73 Å². The fourth-order valence-electron chi connectivity index (χ4n) is 2.29. The minimum atomic E-state index is -0.492. The lowest BCUT2D eigenvalue weighted by Crippen LogP contribution is -2.31. The van der Waals surface area contributed by atoms with E-state index in [1.165, 1.54) is 0 Å². The summed E-state index contributed by atoms with van der Waals surface area (Å²) in [4.78, 5) is 24.9. The Morgan fingerprint density at radius 2 is 2.05 bits per heavy atom. The Kier molecular flexibility index (Phi) is 4.34. The van der Waals surface area contributed by atoms with Crippen molar-refractivity contribution in [2.75, 3.05) is 0 Å². The number of rotatable bonds is 5. The lowest BCUT2D eigenvalue weighted by atomic mass is 10.1. The van der Waals surface area contributed by atoms with Gasteiger partial charge in [-0.25, -0.2) is 9.18 Å². The van der Waals surface area contributed by atoms with Gasteiger partial charge in [-0.3, -0.25) is 9.69 Å². The minimum Gasteiger partial charge on any atom is -0.326 e. The van der Waals surface area contributed by atoms with Crippen molar-refractivity contribution in [3.63, 3.8) is 0 Å². The largest absolute Gasteiger partial charge is 0.326 e. The zero-order valence-electron chi connectivity index (χ0n) is 11.4. The summed E-state index contributed by atoms with van der Waals surface area (Å²) in [6, 6.07) is 3.86. The number of halogens is 1. The number of imide groups is 1. The average Bonchev–Trinajstić information content (AvgIpc) is 2.69. The summed E-state index contributed by atoms with van der Waals surface area (Å²) in [6.45, 7) is 1.95. The van der Waals surface area contributed by atoms with E-state index in [-0.39, 0.29) is 19.0 Å². The maximum absolute atomic E-state index is 14.1. The first-order chi connectivity index (χ1) is 9.58. The molecule has 3 N–H and O–H groups in total. The Morgan fingerprint density at radius 1 is 1.35 bits per heavy atom. The summed E-state index contributed by atoms with van der Waals surface area (Å²) < 4.78 is 14.1. The highest BCUT2D eigenvalue weighted by molar-refractivity contribution is 6.04. The highest BCUT2D eigenvalue weighted by Crippen LogP contribution is 2.18. The highest BCUT2D eigenvalue weighted by atomic mass is 19.1. The molecule has 1 heterocycles. The molecule has 20 heavy (non-hydrogen) atoms. The molecule has 0 spiro atoms. The van der Waals surface area contributed by atoms with Crippen molar-refractivity contribution in [1.29, 1.82) is 0 Å². The van der Waals surface area contributed by atoms with Crippen LogP contribution in [0.15, 0.2) is 18.2 Å². The summed E-state index contributed by atoms with van der Waals surface area (Å²) in [5, 5.41) is 2.61. The van der Waals surface area contributed by atoms with Crippen molar-refractivity contribution in [3.05, 3.63) is 35.1 Å². The van der Waals surface area contributed by atoms with Crippen LogP contribution in [0.1, 0.15) is 30.9 Å². The highest BCUT2D eigenvalue weighted by Gasteiger charge is 2.37. The monoisotopic (exact) mass is 279 g/mol. The number of carbonyl (C=O) groups excluding carboxylic acids is 2. The number of benzene rings is 1. The van der Waals surface area contributed by atoms with E-state index in [0.29, 0.717) is 17.5 Å². The van der Waals surface area contributed by atoms with Gasteiger partial charge in [-0.15, -0.1) is 0 Å². The van der Waals surface area contributed by atoms with Gasteiger partial charge in [-0.2, -0.15) is 0 Å². The first-order valence-electron chi connectivity index (χ1n) is 6.66. The molecule has 3 amide bonds. The maximum Gasteiger partial charge on any atom is 0.325 e. The van der Waals surface area contributed by atoms with Crippen LogP contribution < -0.4 is 11.1 Å². The third-order valence-corrected chi connectivity index (χ3v) is 3.39. The molecule has 1 aromatic rings. The van der Waals surface area contributed by atoms with Gasteiger partial charge >= 0.3 is 6.03 Å². The Bertz CT molecular complexity index is 533. The SMILES string of the molecule is CCCC1NC(=O)N(Cc2cccc(CN)c2F)C1=O. The topological polar surface area (TPSA) is 75.4 Å². The molecular weight excluding hydrogens is 261 g/mol. The number of nitrogens with one attached hydrogen (secondary N) is 1. The van der Waals surface area contributed by atoms with Gasteiger partial charge < -0.3 is 11.1 Å². The molecule has 108 valence electrons. The summed E-state index contributed by atoms with van der Waals surface area (Å²) >= 11 is 0. The number of amides is 3. The van der Waals surface area contributed by atoms with E-state index in [1.54, 1.807) is 18.2 Å². The molecule has 6 heteroatoms. The summed E-state index contributed by atoms with van der Waals surface area (Å²) in [5.41, 5.74) is 6.12. The van der Waals surface area contributed by atoms with Crippen LogP contribution in [-0.2, 0) is 17.9 Å². The molecule has 1 aliphatic heterocycles. The van der Waals surface area contributed by atoms with Gasteiger partial charge in [0.1, 0.15) is 11.9 Å². The van der Waals surface area contributed by atoms with Gasteiger partial charge in [0.2, 0.25) is 0 Å². The summed E-state index contributed by atoms with van der Waals surface area (Å²) in [5.74, 6) is -0.746. The van der Waals surface area contributed by atoms with E-state index in [1.807, 2.05) is 6.92 Å². The Labute approximate surface area is 116 Å². The smallest absolute Gasteiger partial charge is 0.325 e. The van der Waals surface area contributed by atoms with E-state index in [9.17, 15) is 14.0 Å².